The fourth-order valence-electron chi connectivity index (χ4n) is 1.59. The van der Waals surface area contributed by atoms with Gasteiger partial charge < -0.3 is 4.98 Å². The molecule has 0 spiro atoms. The van der Waals surface area contributed by atoms with Crippen LogP contribution < -0.4 is 0 Å². The zero-order valence-corrected chi connectivity index (χ0v) is 8.26. The van der Waals surface area contributed by atoms with Crippen LogP contribution in [-0.4, -0.2) is 9.97 Å². The molecule has 2 rings (SSSR count). The van der Waals surface area contributed by atoms with Crippen LogP contribution in [-0.2, 0) is 5.41 Å². The van der Waals surface area contributed by atoms with Crippen LogP contribution in [0.5, 0.6) is 0 Å². The van der Waals surface area contributed by atoms with Crippen LogP contribution in [0.1, 0.15) is 26.3 Å². The van der Waals surface area contributed by atoms with Gasteiger partial charge in [-0.15, -0.1) is 0 Å². The molecular weight excluding hydrogens is 160 g/mol. The Morgan fingerprint density at radius 3 is 2.77 bits per heavy atom. The molecule has 0 unspecified atom stereocenters. The van der Waals surface area contributed by atoms with Crippen LogP contribution in [0.25, 0.3) is 10.9 Å². The van der Waals surface area contributed by atoms with Crippen LogP contribution in [0.2, 0.25) is 0 Å². The van der Waals surface area contributed by atoms with E-state index in [0.717, 1.165) is 5.52 Å². The molecule has 2 heterocycles. The molecule has 0 bridgehead atoms. The molecule has 68 valence electrons. The topological polar surface area (TPSA) is 28.7 Å². The third kappa shape index (κ3) is 1.32. The molecule has 0 aliphatic rings. The molecule has 0 fully saturated rings. The second kappa shape index (κ2) is 2.59. The molecule has 0 amide bonds. The van der Waals surface area contributed by atoms with Gasteiger partial charge in [0, 0.05) is 17.8 Å². The molecule has 13 heavy (non-hydrogen) atoms. The number of nitrogens with one attached hydrogen (secondary N) is 1. The van der Waals surface area contributed by atoms with E-state index in [0.29, 0.717) is 0 Å². The minimum Gasteiger partial charge on any atom is -0.360 e. The fraction of sp³-hybridized carbons (Fsp3) is 0.364. The molecule has 2 nitrogen and oxygen atoms in total. The largest absolute Gasteiger partial charge is 0.360 e. The lowest BCUT2D eigenvalue weighted by atomic mass is 9.87. The second-order valence-electron chi connectivity index (χ2n) is 4.37. The van der Waals surface area contributed by atoms with Crippen molar-refractivity contribution in [3.63, 3.8) is 0 Å². The highest BCUT2D eigenvalue weighted by atomic mass is 14.7. The standard InChI is InChI=1S/C11H14N2/c1-11(2,3)9-6-13-10-7-12-5-4-8(9)10/h4-7,13H,1-3H3. The average Bonchev–Trinajstić information content (AvgIpc) is 2.45. The summed E-state index contributed by atoms with van der Waals surface area (Å²) in [5, 5.41) is 1.28. The molecule has 2 aromatic rings. The van der Waals surface area contributed by atoms with Crippen molar-refractivity contribution in [1.82, 2.24) is 9.97 Å². The Morgan fingerprint density at radius 1 is 1.31 bits per heavy atom. The van der Waals surface area contributed by atoms with Gasteiger partial charge in [0.2, 0.25) is 0 Å². The summed E-state index contributed by atoms with van der Waals surface area (Å²) in [6, 6.07) is 2.06. The first-order chi connectivity index (χ1) is 6.09. The van der Waals surface area contributed by atoms with Gasteiger partial charge in [-0.2, -0.15) is 0 Å². The van der Waals surface area contributed by atoms with E-state index in [2.05, 4.69) is 43.0 Å². The molecule has 0 atom stereocenters. The van der Waals surface area contributed by atoms with Crippen LogP contribution >= 0.6 is 0 Å². The van der Waals surface area contributed by atoms with Crippen molar-refractivity contribution in [3.05, 3.63) is 30.2 Å². The Bertz CT molecular complexity index is 421. The molecule has 0 saturated heterocycles. The van der Waals surface area contributed by atoms with Gasteiger partial charge in [-0.3, -0.25) is 4.98 Å². The Balaban J connectivity index is 2.72. The van der Waals surface area contributed by atoms with E-state index in [-0.39, 0.29) is 5.41 Å². The second-order valence-corrected chi connectivity index (χ2v) is 4.37. The highest BCUT2D eigenvalue weighted by Crippen LogP contribution is 2.28. The predicted molar refractivity (Wildman–Crippen MR) is 54.8 cm³/mol. The Hall–Kier alpha value is -1.31. The van der Waals surface area contributed by atoms with Gasteiger partial charge in [0.25, 0.3) is 0 Å². The first-order valence-electron chi connectivity index (χ1n) is 4.50. The van der Waals surface area contributed by atoms with Crippen molar-refractivity contribution < 1.29 is 0 Å². The van der Waals surface area contributed by atoms with Gasteiger partial charge in [-0.1, -0.05) is 20.8 Å². The van der Waals surface area contributed by atoms with E-state index < -0.39 is 0 Å². The van der Waals surface area contributed by atoms with Gasteiger partial charge in [-0.25, -0.2) is 0 Å². The van der Waals surface area contributed by atoms with Gasteiger partial charge in [0.1, 0.15) is 0 Å². The van der Waals surface area contributed by atoms with Crippen molar-refractivity contribution in [2.45, 2.75) is 26.2 Å². The highest BCUT2D eigenvalue weighted by molar-refractivity contribution is 5.83. The third-order valence-corrected chi connectivity index (χ3v) is 2.29. The number of nitrogens with zero attached hydrogens (tertiary/aromatic N) is 1. The molecule has 0 saturated carbocycles. The normalized spacial score (nSPS) is 12.2. The van der Waals surface area contributed by atoms with Crippen LogP contribution in [0.15, 0.2) is 24.7 Å². The van der Waals surface area contributed by atoms with Crippen LogP contribution in [0.3, 0.4) is 0 Å². The van der Waals surface area contributed by atoms with Gasteiger partial charge in [-0.05, 0) is 17.0 Å². The first kappa shape index (κ1) is 8.30. The number of aromatic nitrogens is 2. The van der Waals surface area contributed by atoms with Crippen molar-refractivity contribution >= 4 is 10.9 Å². The Morgan fingerprint density at radius 2 is 2.08 bits per heavy atom. The highest BCUT2D eigenvalue weighted by Gasteiger charge is 2.17. The molecule has 0 radical (unpaired) electrons. The number of fused-ring (bicyclic) bond motifs is 1. The zero-order chi connectivity index (χ0) is 9.47. The molecule has 2 aromatic heterocycles. The van der Waals surface area contributed by atoms with Crippen molar-refractivity contribution in [2.75, 3.05) is 0 Å². The molecule has 0 aliphatic heterocycles. The van der Waals surface area contributed by atoms with Crippen LogP contribution in [0, 0.1) is 0 Å². The minimum absolute atomic E-state index is 0.194. The summed E-state index contributed by atoms with van der Waals surface area (Å²) in [4.78, 5) is 7.31. The van der Waals surface area contributed by atoms with Gasteiger partial charge in [0.05, 0.1) is 11.7 Å². The molecule has 0 aromatic carbocycles. The summed E-state index contributed by atoms with van der Waals surface area (Å²) in [6.45, 7) is 6.65. The maximum Gasteiger partial charge on any atom is 0.0643 e. The summed E-state index contributed by atoms with van der Waals surface area (Å²) < 4.78 is 0. The first-order valence-corrected chi connectivity index (χ1v) is 4.50. The molecule has 0 aliphatic carbocycles. The van der Waals surface area contributed by atoms with Crippen LogP contribution in [0.4, 0.5) is 0 Å². The summed E-state index contributed by atoms with van der Waals surface area (Å²) >= 11 is 0. The maximum absolute atomic E-state index is 4.08. The van der Waals surface area contributed by atoms with Crippen molar-refractivity contribution in [2.24, 2.45) is 0 Å². The van der Waals surface area contributed by atoms with E-state index in [4.69, 9.17) is 0 Å². The zero-order valence-electron chi connectivity index (χ0n) is 8.26. The number of aromatic amines is 1. The summed E-state index contributed by atoms with van der Waals surface area (Å²) in [6.07, 6.45) is 5.78. The summed E-state index contributed by atoms with van der Waals surface area (Å²) in [7, 11) is 0. The third-order valence-electron chi connectivity index (χ3n) is 2.29. The van der Waals surface area contributed by atoms with Crippen molar-refractivity contribution in [1.29, 1.82) is 0 Å². The molecular formula is C11H14N2. The number of pyridine rings is 1. The number of hydrogen-bond acceptors (Lipinski definition) is 1. The van der Waals surface area contributed by atoms with E-state index in [1.807, 2.05) is 12.4 Å². The van der Waals surface area contributed by atoms with E-state index in [1.54, 1.807) is 0 Å². The Labute approximate surface area is 78.0 Å². The van der Waals surface area contributed by atoms with Crippen molar-refractivity contribution in [3.8, 4) is 0 Å². The minimum atomic E-state index is 0.194. The van der Waals surface area contributed by atoms with Gasteiger partial charge in [0.15, 0.2) is 0 Å². The van der Waals surface area contributed by atoms with E-state index >= 15 is 0 Å². The fourth-order valence-corrected chi connectivity index (χ4v) is 1.59. The lowest BCUT2D eigenvalue weighted by molar-refractivity contribution is 0.596. The summed E-state index contributed by atoms with van der Waals surface area (Å²) in [5.74, 6) is 0. The summed E-state index contributed by atoms with van der Waals surface area (Å²) in [5.41, 5.74) is 2.66. The van der Waals surface area contributed by atoms with E-state index in [9.17, 15) is 0 Å². The lowest BCUT2D eigenvalue weighted by Crippen LogP contribution is -2.09. The van der Waals surface area contributed by atoms with E-state index in [1.165, 1.54) is 10.9 Å². The predicted octanol–water partition coefficient (Wildman–Crippen LogP) is 2.86. The smallest absolute Gasteiger partial charge is 0.0643 e. The van der Waals surface area contributed by atoms with Gasteiger partial charge >= 0.3 is 0 Å². The number of rotatable bonds is 0. The lowest BCUT2D eigenvalue weighted by Gasteiger charge is -2.17. The Kier molecular flexibility index (Phi) is 1.65. The molecule has 1 N–H and O–H groups in total. The monoisotopic (exact) mass is 174 g/mol. The molecule has 2 heteroatoms. The number of hydrogen-bond donors (Lipinski definition) is 1. The number of H-pyrrole nitrogens is 1. The average molecular weight is 174 g/mol. The quantitative estimate of drug-likeness (QED) is 0.653. The maximum atomic E-state index is 4.08. The SMILES string of the molecule is CC(C)(C)c1c[nH]c2cnccc12.